The predicted octanol–water partition coefficient (Wildman–Crippen LogP) is 4.37. The molecule has 5 nitrogen and oxygen atoms in total. The number of rotatable bonds is 3. The number of carboxylic acid groups (broad SMARTS) is 1. The molecule has 0 unspecified atom stereocenters. The molecular weight excluding hydrogens is 310 g/mol. The Balaban J connectivity index is 2.16. The first-order valence-electron chi connectivity index (χ1n) is 7.22. The number of aromatic nitrogens is 2. The molecule has 0 aliphatic heterocycles. The number of hydrogen-bond acceptors (Lipinski definition) is 5. The van der Waals surface area contributed by atoms with Crippen LogP contribution in [0, 0.1) is 27.7 Å². The second-order valence-electron chi connectivity index (χ2n) is 5.58. The first-order valence-corrected chi connectivity index (χ1v) is 8.03. The van der Waals surface area contributed by atoms with E-state index < -0.39 is 5.97 Å². The average Bonchev–Trinajstić information content (AvgIpc) is 2.80. The van der Waals surface area contributed by atoms with E-state index in [1.807, 2.05) is 12.1 Å². The summed E-state index contributed by atoms with van der Waals surface area (Å²) in [5.74, 6) is 0.333. The summed E-state index contributed by atoms with van der Waals surface area (Å²) in [6.45, 7) is 7.72. The third kappa shape index (κ3) is 2.77. The van der Waals surface area contributed by atoms with Crippen LogP contribution in [0.25, 0.3) is 10.2 Å². The van der Waals surface area contributed by atoms with E-state index in [0.29, 0.717) is 26.9 Å². The minimum Gasteiger partial charge on any atom is -0.477 e. The molecule has 2 heterocycles. The van der Waals surface area contributed by atoms with Crippen LogP contribution in [0.3, 0.4) is 0 Å². The van der Waals surface area contributed by atoms with E-state index in [1.165, 1.54) is 22.5 Å². The van der Waals surface area contributed by atoms with Crippen LogP contribution < -0.4 is 5.32 Å². The molecule has 0 bridgehead atoms. The minimum absolute atomic E-state index is 0.308. The number of fused-ring (bicyclic) bond motifs is 1. The molecule has 118 valence electrons. The number of nitrogens with zero attached hydrogens (tertiary/aromatic N) is 2. The Hall–Kier alpha value is -2.47. The molecule has 0 atom stereocenters. The zero-order chi connectivity index (χ0) is 16.7. The molecule has 0 radical (unpaired) electrons. The maximum absolute atomic E-state index is 11.4. The molecule has 0 amide bonds. The van der Waals surface area contributed by atoms with Crippen LogP contribution in [-0.2, 0) is 0 Å². The van der Waals surface area contributed by atoms with E-state index in [4.69, 9.17) is 0 Å². The van der Waals surface area contributed by atoms with Crippen molar-refractivity contribution in [3.8, 4) is 0 Å². The molecule has 0 saturated heterocycles. The summed E-state index contributed by atoms with van der Waals surface area (Å²) in [5.41, 5.74) is 4.03. The van der Waals surface area contributed by atoms with Crippen LogP contribution in [0.15, 0.2) is 18.2 Å². The van der Waals surface area contributed by atoms with Crippen molar-refractivity contribution in [2.75, 3.05) is 5.32 Å². The number of hydrogen-bond donors (Lipinski definition) is 2. The lowest BCUT2D eigenvalue weighted by atomic mass is 10.1. The third-order valence-electron chi connectivity index (χ3n) is 3.87. The number of benzene rings is 1. The average molecular weight is 327 g/mol. The summed E-state index contributed by atoms with van der Waals surface area (Å²) in [4.78, 5) is 21.2. The Morgan fingerprint density at radius 2 is 1.87 bits per heavy atom. The Bertz CT molecular complexity index is 931. The van der Waals surface area contributed by atoms with E-state index in [2.05, 4.69) is 35.2 Å². The summed E-state index contributed by atoms with van der Waals surface area (Å²) in [7, 11) is 0. The molecule has 2 aromatic heterocycles. The highest BCUT2D eigenvalue weighted by molar-refractivity contribution is 7.20. The van der Waals surface area contributed by atoms with Crippen molar-refractivity contribution in [2.24, 2.45) is 0 Å². The smallest absolute Gasteiger partial charge is 0.346 e. The van der Waals surface area contributed by atoms with E-state index in [1.54, 1.807) is 13.8 Å². The van der Waals surface area contributed by atoms with Crippen molar-refractivity contribution in [2.45, 2.75) is 27.7 Å². The third-order valence-corrected chi connectivity index (χ3v) is 5.04. The first-order chi connectivity index (χ1) is 10.9. The van der Waals surface area contributed by atoms with Crippen LogP contribution in [0.4, 0.5) is 11.5 Å². The summed E-state index contributed by atoms with van der Waals surface area (Å²) >= 11 is 1.19. The molecule has 0 saturated carbocycles. The zero-order valence-corrected chi connectivity index (χ0v) is 14.2. The highest BCUT2D eigenvalue weighted by Gasteiger charge is 2.19. The van der Waals surface area contributed by atoms with Gasteiger partial charge in [-0.1, -0.05) is 6.07 Å². The summed E-state index contributed by atoms with van der Waals surface area (Å²) in [6, 6.07) is 6.09. The monoisotopic (exact) mass is 327 g/mol. The number of aryl methyl sites for hydroxylation is 4. The van der Waals surface area contributed by atoms with Crippen LogP contribution in [-0.4, -0.2) is 21.0 Å². The predicted molar refractivity (Wildman–Crippen MR) is 93.0 cm³/mol. The number of thiophene rings is 1. The van der Waals surface area contributed by atoms with Crippen molar-refractivity contribution in [3.63, 3.8) is 0 Å². The van der Waals surface area contributed by atoms with E-state index >= 15 is 0 Å². The van der Waals surface area contributed by atoms with Gasteiger partial charge in [0.25, 0.3) is 0 Å². The maximum Gasteiger partial charge on any atom is 0.346 e. The van der Waals surface area contributed by atoms with Crippen molar-refractivity contribution in [1.29, 1.82) is 0 Å². The molecular formula is C17H17N3O2S. The van der Waals surface area contributed by atoms with Crippen molar-refractivity contribution in [1.82, 2.24) is 9.97 Å². The van der Waals surface area contributed by atoms with Gasteiger partial charge >= 0.3 is 5.97 Å². The standard InChI is InChI=1S/C17H17N3O2S/c1-8-5-6-12(7-9(8)2)20-15-13-10(3)14(17(21)22)23-16(13)19-11(4)18-15/h5-7H,1-4H3,(H,21,22)(H,18,19,20). The van der Waals surface area contributed by atoms with Gasteiger partial charge in [0, 0.05) is 5.69 Å². The Labute approximate surface area is 138 Å². The molecule has 0 aliphatic carbocycles. The largest absolute Gasteiger partial charge is 0.477 e. The lowest BCUT2D eigenvalue weighted by Crippen LogP contribution is -1.99. The highest BCUT2D eigenvalue weighted by Crippen LogP contribution is 2.35. The van der Waals surface area contributed by atoms with Crippen LogP contribution in [0.1, 0.15) is 32.2 Å². The fourth-order valence-corrected chi connectivity index (χ4v) is 3.56. The van der Waals surface area contributed by atoms with Gasteiger partial charge in [-0.25, -0.2) is 14.8 Å². The highest BCUT2D eigenvalue weighted by atomic mass is 32.1. The van der Waals surface area contributed by atoms with Crippen molar-refractivity contribution in [3.05, 3.63) is 45.6 Å². The molecule has 0 fully saturated rings. The minimum atomic E-state index is -0.930. The molecule has 0 spiro atoms. The number of nitrogens with one attached hydrogen (secondary N) is 1. The molecule has 3 rings (SSSR count). The second kappa shape index (κ2) is 5.62. The lowest BCUT2D eigenvalue weighted by Gasteiger charge is -2.10. The number of carbonyl (C=O) groups is 1. The van der Waals surface area contributed by atoms with Gasteiger partial charge in [0.05, 0.1) is 5.39 Å². The normalized spacial score (nSPS) is 11.0. The molecule has 3 aromatic rings. The fraction of sp³-hybridized carbons (Fsp3) is 0.235. The second-order valence-corrected chi connectivity index (χ2v) is 6.58. The Kier molecular flexibility index (Phi) is 3.77. The molecule has 6 heteroatoms. The van der Waals surface area contributed by atoms with Crippen molar-refractivity contribution < 1.29 is 9.90 Å². The quantitative estimate of drug-likeness (QED) is 0.747. The first kappa shape index (κ1) is 15.4. The lowest BCUT2D eigenvalue weighted by molar-refractivity contribution is 0.0701. The van der Waals surface area contributed by atoms with Crippen molar-refractivity contribution >= 4 is 39.0 Å². The van der Waals surface area contributed by atoms with Gasteiger partial charge in [-0.2, -0.15) is 0 Å². The van der Waals surface area contributed by atoms with E-state index in [9.17, 15) is 9.90 Å². The SMILES string of the molecule is Cc1nc(Nc2ccc(C)c(C)c2)c2c(C)c(C(=O)O)sc2n1. The Morgan fingerprint density at radius 3 is 2.52 bits per heavy atom. The summed E-state index contributed by atoms with van der Waals surface area (Å²) in [6.07, 6.45) is 0. The van der Waals surface area contributed by atoms with Gasteiger partial charge in [-0.15, -0.1) is 11.3 Å². The van der Waals surface area contributed by atoms with Crippen LogP contribution in [0.2, 0.25) is 0 Å². The van der Waals surface area contributed by atoms with E-state index in [-0.39, 0.29) is 0 Å². The molecule has 1 aromatic carbocycles. The molecule has 23 heavy (non-hydrogen) atoms. The van der Waals surface area contributed by atoms with Gasteiger partial charge in [-0.05, 0) is 56.5 Å². The van der Waals surface area contributed by atoms with Gasteiger partial charge < -0.3 is 10.4 Å². The molecule has 2 N–H and O–H groups in total. The van der Waals surface area contributed by atoms with Gasteiger partial charge in [0.1, 0.15) is 21.3 Å². The fourth-order valence-electron chi connectivity index (χ4n) is 2.50. The topological polar surface area (TPSA) is 75.1 Å². The molecule has 0 aliphatic rings. The Morgan fingerprint density at radius 1 is 1.13 bits per heavy atom. The summed E-state index contributed by atoms with van der Waals surface area (Å²) in [5, 5.41) is 13.4. The number of carboxylic acids is 1. The van der Waals surface area contributed by atoms with Gasteiger partial charge in [0.15, 0.2) is 0 Å². The maximum atomic E-state index is 11.4. The van der Waals surface area contributed by atoms with E-state index in [0.717, 1.165) is 11.1 Å². The zero-order valence-electron chi connectivity index (χ0n) is 13.4. The summed E-state index contributed by atoms with van der Waals surface area (Å²) < 4.78 is 0. The number of anilines is 2. The van der Waals surface area contributed by atoms with Crippen LogP contribution >= 0.6 is 11.3 Å². The van der Waals surface area contributed by atoms with Gasteiger partial charge in [-0.3, -0.25) is 0 Å². The number of aromatic carboxylic acids is 1. The van der Waals surface area contributed by atoms with Crippen LogP contribution in [0.5, 0.6) is 0 Å². The van der Waals surface area contributed by atoms with Gasteiger partial charge in [0.2, 0.25) is 0 Å².